The quantitative estimate of drug-likeness (QED) is 0.0908. The van der Waals surface area contributed by atoms with E-state index in [1.54, 1.807) is 7.05 Å². The van der Waals surface area contributed by atoms with Crippen LogP contribution in [0.15, 0.2) is 34.2 Å². The Morgan fingerprint density at radius 1 is 1.33 bits per heavy atom. The first kappa shape index (κ1) is 26.5. The highest BCUT2D eigenvalue weighted by Crippen LogP contribution is 2.16. The molecule has 0 radical (unpaired) electrons. The summed E-state index contributed by atoms with van der Waals surface area (Å²) in [5, 5.41) is 16.9. The molecule has 0 spiro atoms. The van der Waals surface area contributed by atoms with Gasteiger partial charge in [-0.15, -0.1) is 24.0 Å². The molecular weight excluding hydrogens is 529 g/mol. The van der Waals surface area contributed by atoms with Crippen molar-refractivity contribution < 1.29 is 22.8 Å². The van der Waals surface area contributed by atoms with E-state index in [1.807, 2.05) is 0 Å². The molecule has 2 rings (SSSR count). The van der Waals surface area contributed by atoms with Crippen LogP contribution in [-0.2, 0) is 19.5 Å². The highest BCUT2D eigenvalue weighted by atomic mass is 127. The molecule has 1 aliphatic rings. The van der Waals surface area contributed by atoms with Crippen molar-refractivity contribution in [2.75, 3.05) is 46.5 Å². The lowest BCUT2D eigenvalue weighted by molar-refractivity contribution is -0.385. The lowest BCUT2D eigenvalue weighted by atomic mass is 10.3. The van der Waals surface area contributed by atoms with Gasteiger partial charge in [-0.1, -0.05) is 6.07 Å². The van der Waals surface area contributed by atoms with Gasteiger partial charge >= 0.3 is 0 Å². The third kappa shape index (κ3) is 9.07. The Kier molecular flexibility index (Phi) is 12.1. The molecule has 13 heteroatoms. The maximum absolute atomic E-state index is 12.2. The molecule has 0 amide bonds. The normalized spacial score (nSPS) is 16.7. The molecule has 1 unspecified atom stereocenters. The van der Waals surface area contributed by atoms with Gasteiger partial charge in [0, 0.05) is 52.0 Å². The Hall–Kier alpha value is -1.55. The summed E-state index contributed by atoms with van der Waals surface area (Å²) in [4.78, 5) is 14.1. The van der Waals surface area contributed by atoms with E-state index in [-0.39, 0.29) is 47.2 Å². The van der Waals surface area contributed by atoms with Crippen LogP contribution in [0.3, 0.4) is 0 Å². The number of hydrogen-bond donors (Lipinski definition) is 3. The molecule has 0 aromatic heterocycles. The summed E-state index contributed by atoms with van der Waals surface area (Å²) in [7, 11) is -2.21. The van der Waals surface area contributed by atoms with E-state index in [9.17, 15) is 18.5 Å². The lowest BCUT2D eigenvalue weighted by Gasteiger charge is -2.13. The summed E-state index contributed by atoms with van der Waals surface area (Å²) in [6.45, 7) is 3.08. The number of hydrogen-bond acceptors (Lipinski definition) is 7. The number of nitrogens with zero attached hydrogens (tertiary/aromatic N) is 2. The standard InChI is InChI=1S/C17H27N5O6S.HI/c1-18-17(19-7-3-10-28-15-6-11-27-13-15)20-8-9-21-29(25,26)16-5-2-4-14(12-16)22(23)24;/h2,4-5,12,15,21H,3,6-11,13H2,1H3,(H2,18,19,20);1H. The van der Waals surface area contributed by atoms with E-state index in [0.717, 1.165) is 25.5 Å². The van der Waals surface area contributed by atoms with Crippen LogP contribution in [0.4, 0.5) is 5.69 Å². The zero-order chi connectivity index (χ0) is 21.1. The summed E-state index contributed by atoms with van der Waals surface area (Å²) >= 11 is 0. The molecule has 1 fully saturated rings. The minimum absolute atomic E-state index is 0. The van der Waals surface area contributed by atoms with Gasteiger partial charge in [0.25, 0.3) is 5.69 Å². The van der Waals surface area contributed by atoms with Gasteiger partial charge in [0.1, 0.15) is 0 Å². The molecule has 170 valence electrons. The zero-order valence-corrected chi connectivity index (χ0v) is 19.9. The summed E-state index contributed by atoms with van der Waals surface area (Å²) < 4.78 is 37.8. The molecule has 1 aliphatic heterocycles. The maximum Gasteiger partial charge on any atom is 0.270 e. The highest BCUT2D eigenvalue weighted by molar-refractivity contribution is 14.0. The Bertz CT molecular complexity index is 802. The van der Waals surface area contributed by atoms with Crippen molar-refractivity contribution in [1.82, 2.24) is 15.4 Å². The van der Waals surface area contributed by atoms with Gasteiger partial charge in [0.2, 0.25) is 10.0 Å². The van der Waals surface area contributed by atoms with E-state index < -0.39 is 14.9 Å². The Morgan fingerprint density at radius 3 is 2.77 bits per heavy atom. The van der Waals surface area contributed by atoms with Crippen molar-refractivity contribution in [3.8, 4) is 0 Å². The minimum Gasteiger partial charge on any atom is -0.379 e. The number of halogens is 1. The van der Waals surface area contributed by atoms with E-state index in [1.165, 1.54) is 18.2 Å². The number of sulfonamides is 1. The number of nitro groups is 1. The Morgan fingerprint density at radius 2 is 2.10 bits per heavy atom. The van der Waals surface area contributed by atoms with Gasteiger partial charge in [0.05, 0.1) is 22.5 Å². The van der Waals surface area contributed by atoms with Crippen LogP contribution in [0.2, 0.25) is 0 Å². The molecule has 0 saturated carbocycles. The summed E-state index contributed by atoms with van der Waals surface area (Å²) in [5.41, 5.74) is -0.278. The second-order valence-electron chi connectivity index (χ2n) is 6.29. The van der Waals surface area contributed by atoms with E-state index >= 15 is 0 Å². The molecule has 1 heterocycles. The predicted octanol–water partition coefficient (Wildman–Crippen LogP) is 0.852. The van der Waals surface area contributed by atoms with Crippen LogP contribution in [0.5, 0.6) is 0 Å². The van der Waals surface area contributed by atoms with E-state index in [0.29, 0.717) is 32.3 Å². The number of benzene rings is 1. The van der Waals surface area contributed by atoms with Crippen LogP contribution in [0.1, 0.15) is 12.8 Å². The van der Waals surface area contributed by atoms with Crippen molar-refractivity contribution in [2.24, 2.45) is 4.99 Å². The van der Waals surface area contributed by atoms with Crippen molar-refractivity contribution in [2.45, 2.75) is 23.8 Å². The molecule has 0 aliphatic carbocycles. The maximum atomic E-state index is 12.2. The van der Waals surface area contributed by atoms with Crippen molar-refractivity contribution >= 4 is 45.6 Å². The van der Waals surface area contributed by atoms with Gasteiger partial charge in [-0.3, -0.25) is 15.1 Å². The van der Waals surface area contributed by atoms with Crippen LogP contribution in [0.25, 0.3) is 0 Å². The first-order valence-electron chi connectivity index (χ1n) is 9.30. The largest absolute Gasteiger partial charge is 0.379 e. The lowest BCUT2D eigenvalue weighted by Crippen LogP contribution is -2.42. The molecule has 30 heavy (non-hydrogen) atoms. The first-order valence-corrected chi connectivity index (χ1v) is 10.8. The van der Waals surface area contributed by atoms with Crippen LogP contribution in [0, 0.1) is 10.1 Å². The van der Waals surface area contributed by atoms with Crippen molar-refractivity contribution in [3.63, 3.8) is 0 Å². The molecule has 0 bridgehead atoms. The molecule has 1 aromatic rings. The number of ether oxygens (including phenoxy) is 2. The average Bonchev–Trinajstić information content (AvgIpc) is 3.23. The molecule has 1 aromatic carbocycles. The summed E-state index contributed by atoms with van der Waals surface area (Å²) in [5.74, 6) is 0.545. The van der Waals surface area contributed by atoms with E-state index in [4.69, 9.17) is 9.47 Å². The third-order valence-corrected chi connectivity index (χ3v) is 5.59. The first-order chi connectivity index (χ1) is 13.9. The monoisotopic (exact) mass is 557 g/mol. The second-order valence-corrected chi connectivity index (χ2v) is 8.05. The Balaban J connectivity index is 0.00000450. The number of nitrogens with one attached hydrogen (secondary N) is 3. The van der Waals surface area contributed by atoms with Gasteiger partial charge in [-0.05, 0) is 18.9 Å². The SMILES string of the molecule is CN=C(NCCCOC1CCOC1)NCCNS(=O)(=O)c1cccc([N+](=O)[O-])c1.I. The summed E-state index contributed by atoms with van der Waals surface area (Å²) in [6, 6.07) is 4.90. The van der Waals surface area contributed by atoms with Crippen molar-refractivity contribution in [1.29, 1.82) is 0 Å². The number of nitro benzene ring substituents is 1. The fraction of sp³-hybridized carbons (Fsp3) is 0.588. The van der Waals surface area contributed by atoms with Gasteiger partial charge in [0.15, 0.2) is 5.96 Å². The Labute approximate surface area is 193 Å². The van der Waals surface area contributed by atoms with E-state index in [2.05, 4.69) is 20.3 Å². The average molecular weight is 557 g/mol. The topological polar surface area (TPSA) is 144 Å². The smallest absolute Gasteiger partial charge is 0.270 e. The van der Waals surface area contributed by atoms with Crippen LogP contribution < -0.4 is 15.4 Å². The molecule has 3 N–H and O–H groups in total. The number of non-ortho nitro benzene ring substituents is 1. The zero-order valence-electron chi connectivity index (χ0n) is 16.7. The van der Waals surface area contributed by atoms with Crippen molar-refractivity contribution in [3.05, 3.63) is 34.4 Å². The van der Waals surface area contributed by atoms with Gasteiger partial charge in [-0.25, -0.2) is 13.1 Å². The van der Waals surface area contributed by atoms with Crippen LogP contribution in [-0.4, -0.2) is 71.9 Å². The molecular formula is C17H28IN5O6S. The minimum atomic E-state index is -3.83. The molecule has 1 saturated heterocycles. The number of aliphatic imine (C=N–C) groups is 1. The fourth-order valence-electron chi connectivity index (χ4n) is 2.61. The van der Waals surface area contributed by atoms with Gasteiger partial charge < -0.3 is 20.1 Å². The summed E-state index contributed by atoms with van der Waals surface area (Å²) in [6.07, 6.45) is 1.92. The number of rotatable bonds is 11. The fourth-order valence-corrected chi connectivity index (χ4v) is 3.68. The third-order valence-electron chi connectivity index (χ3n) is 4.13. The van der Waals surface area contributed by atoms with Crippen LogP contribution >= 0.6 is 24.0 Å². The predicted molar refractivity (Wildman–Crippen MR) is 123 cm³/mol. The highest BCUT2D eigenvalue weighted by Gasteiger charge is 2.17. The number of guanidine groups is 1. The second kappa shape index (κ2) is 13.7. The molecule has 1 atom stereocenters. The molecule has 11 nitrogen and oxygen atoms in total. The van der Waals surface area contributed by atoms with Gasteiger partial charge in [-0.2, -0.15) is 0 Å².